The van der Waals surface area contributed by atoms with Crippen LogP contribution in [0, 0.1) is 0 Å². The minimum Gasteiger partial charge on any atom is -0.497 e. The van der Waals surface area contributed by atoms with Crippen LogP contribution >= 0.6 is 0 Å². The molecular weight excluding hydrogens is 320 g/mol. The number of carbonyl (C=O) groups excluding carboxylic acids is 1. The fraction of sp³-hybridized carbons (Fsp3) is 0.368. The second kappa shape index (κ2) is 6.63. The number of nitrogens with one attached hydrogen (secondary N) is 1. The first kappa shape index (κ1) is 17.1. The summed E-state index contributed by atoms with van der Waals surface area (Å²) >= 11 is 0. The lowest BCUT2D eigenvalue weighted by atomic mass is 9.89. The van der Waals surface area contributed by atoms with Gasteiger partial charge >= 0.3 is 0 Å². The Hall–Kier alpha value is -2.76. The smallest absolute Gasteiger partial charge is 0.270 e. The molecule has 1 aromatic carbocycles. The van der Waals surface area contributed by atoms with Crippen LogP contribution in [0.2, 0.25) is 0 Å². The molecule has 2 heterocycles. The van der Waals surface area contributed by atoms with Crippen molar-refractivity contribution in [1.82, 2.24) is 10.3 Å². The number of pyridine rings is 1. The van der Waals surface area contributed by atoms with E-state index in [1.807, 2.05) is 32.0 Å². The maximum Gasteiger partial charge on any atom is 0.270 e. The predicted octanol–water partition coefficient (Wildman–Crippen LogP) is 3.13. The number of methoxy groups -OCH3 is 2. The van der Waals surface area contributed by atoms with E-state index in [2.05, 4.69) is 10.3 Å². The summed E-state index contributed by atoms with van der Waals surface area (Å²) < 4.78 is 16.5. The van der Waals surface area contributed by atoms with Gasteiger partial charge in [-0.3, -0.25) is 9.78 Å². The van der Waals surface area contributed by atoms with Crippen LogP contribution in [0.25, 0.3) is 0 Å². The van der Waals surface area contributed by atoms with Crippen LogP contribution in [0.1, 0.15) is 42.4 Å². The molecule has 0 saturated heterocycles. The summed E-state index contributed by atoms with van der Waals surface area (Å²) in [5, 5.41) is 3.06. The lowest BCUT2D eigenvalue weighted by Crippen LogP contribution is -2.41. The quantitative estimate of drug-likeness (QED) is 0.924. The van der Waals surface area contributed by atoms with Crippen molar-refractivity contribution in [2.45, 2.75) is 31.9 Å². The van der Waals surface area contributed by atoms with Crippen LogP contribution in [0.3, 0.4) is 0 Å². The van der Waals surface area contributed by atoms with Gasteiger partial charge in [-0.15, -0.1) is 0 Å². The summed E-state index contributed by atoms with van der Waals surface area (Å²) in [7, 11) is 3.17. The zero-order valence-electron chi connectivity index (χ0n) is 14.8. The summed E-state index contributed by atoms with van der Waals surface area (Å²) in [6, 6.07) is 8.78. The fourth-order valence-corrected chi connectivity index (χ4v) is 2.98. The van der Waals surface area contributed by atoms with Gasteiger partial charge in [-0.25, -0.2) is 0 Å². The molecule has 1 N–H and O–H groups in total. The maximum absolute atomic E-state index is 12.6. The van der Waals surface area contributed by atoms with Gasteiger partial charge in [0.1, 0.15) is 28.5 Å². The minimum atomic E-state index is -0.404. The normalized spacial score (nSPS) is 17.8. The highest BCUT2D eigenvalue weighted by Crippen LogP contribution is 2.41. The fourth-order valence-electron chi connectivity index (χ4n) is 2.98. The van der Waals surface area contributed by atoms with Crippen molar-refractivity contribution in [3.8, 4) is 17.2 Å². The summed E-state index contributed by atoms with van der Waals surface area (Å²) in [6.45, 7) is 4.00. The Morgan fingerprint density at radius 3 is 2.64 bits per heavy atom. The van der Waals surface area contributed by atoms with Gasteiger partial charge in [-0.05, 0) is 32.0 Å². The van der Waals surface area contributed by atoms with E-state index >= 15 is 0 Å². The number of carbonyl (C=O) groups is 1. The molecule has 0 unspecified atom stereocenters. The molecule has 2 aromatic rings. The number of amides is 1. The molecule has 0 spiro atoms. The van der Waals surface area contributed by atoms with Gasteiger partial charge in [0.15, 0.2) is 0 Å². The van der Waals surface area contributed by atoms with Crippen molar-refractivity contribution >= 4 is 5.91 Å². The van der Waals surface area contributed by atoms with Crippen molar-refractivity contribution < 1.29 is 19.0 Å². The molecule has 6 nitrogen and oxygen atoms in total. The number of hydrogen-bond donors (Lipinski definition) is 1. The lowest BCUT2D eigenvalue weighted by molar-refractivity contribution is 0.0615. The number of aromatic nitrogens is 1. The Morgan fingerprint density at radius 2 is 1.92 bits per heavy atom. The Morgan fingerprint density at radius 1 is 1.20 bits per heavy atom. The molecule has 3 rings (SSSR count). The third-order valence-electron chi connectivity index (χ3n) is 4.18. The highest BCUT2D eigenvalue weighted by Gasteiger charge is 2.35. The van der Waals surface area contributed by atoms with E-state index in [0.717, 1.165) is 17.1 Å². The number of fused-ring (bicyclic) bond motifs is 1. The van der Waals surface area contributed by atoms with Gasteiger partial charge in [-0.2, -0.15) is 0 Å². The van der Waals surface area contributed by atoms with Crippen molar-refractivity contribution in [2.24, 2.45) is 0 Å². The zero-order chi connectivity index (χ0) is 18.0. The summed E-state index contributed by atoms with van der Waals surface area (Å²) in [6.07, 6.45) is 2.21. The first-order chi connectivity index (χ1) is 11.9. The first-order valence-corrected chi connectivity index (χ1v) is 8.10. The van der Waals surface area contributed by atoms with Crippen molar-refractivity contribution in [1.29, 1.82) is 0 Å². The molecule has 25 heavy (non-hydrogen) atoms. The molecule has 132 valence electrons. The number of rotatable bonds is 4. The third kappa shape index (κ3) is 3.68. The van der Waals surface area contributed by atoms with E-state index in [9.17, 15) is 4.79 Å². The molecule has 0 saturated carbocycles. The van der Waals surface area contributed by atoms with Crippen LogP contribution in [0.15, 0.2) is 36.5 Å². The van der Waals surface area contributed by atoms with E-state index in [1.165, 1.54) is 0 Å². The van der Waals surface area contributed by atoms with Crippen LogP contribution in [0.5, 0.6) is 17.2 Å². The standard InChI is InChI=1S/C19H22N2O4/c1-19(2)11-16(14-6-5-12(23-3)10-17(14)25-19)21-18(22)15-9-13(24-4)7-8-20-15/h5-10,16H,11H2,1-4H3,(H,21,22)/t16-/m1/s1. The highest BCUT2D eigenvalue weighted by molar-refractivity contribution is 5.93. The summed E-state index contributed by atoms with van der Waals surface area (Å²) in [5.74, 6) is 1.79. The SMILES string of the molecule is COc1ccnc(C(=O)N[C@@H]2CC(C)(C)Oc3cc(OC)ccc32)c1. The molecule has 1 aromatic heterocycles. The monoisotopic (exact) mass is 342 g/mol. The molecule has 0 bridgehead atoms. The van der Waals surface area contributed by atoms with Gasteiger partial charge in [0.2, 0.25) is 0 Å². The van der Waals surface area contributed by atoms with Crippen LogP contribution < -0.4 is 19.5 Å². The second-order valence-electron chi connectivity index (χ2n) is 6.58. The van der Waals surface area contributed by atoms with Gasteiger partial charge in [0.05, 0.1) is 20.3 Å². The zero-order valence-corrected chi connectivity index (χ0v) is 14.8. The maximum atomic E-state index is 12.6. The third-order valence-corrected chi connectivity index (χ3v) is 4.18. The Labute approximate surface area is 147 Å². The number of nitrogens with zero attached hydrogens (tertiary/aromatic N) is 1. The van der Waals surface area contributed by atoms with Crippen molar-refractivity contribution in [3.63, 3.8) is 0 Å². The van der Waals surface area contributed by atoms with E-state index < -0.39 is 5.60 Å². The predicted molar refractivity (Wildman–Crippen MR) is 93.3 cm³/mol. The van der Waals surface area contributed by atoms with Gasteiger partial charge in [0, 0.05) is 30.3 Å². The molecule has 1 aliphatic heterocycles. The van der Waals surface area contributed by atoms with E-state index in [4.69, 9.17) is 14.2 Å². The van der Waals surface area contributed by atoms with E-state index in [0.29, 0.717) is 17.9 Å². The Balaban J connectivity index is 1.88. The van der Waals surface area contributed by atoms with Crippen LogP contribution in [0.4, 0.5) is 0 Å². The number of hydrogen-bond acceptors (Lipinski definition) is 5. The van der Waals surface area contributed by atoms with Gasteiger partial charge in [0.25, 0.3) is 5.91 Å². The molecule has 0 fully saturated rings. The molecule has 1 aliphatic rings. The molecule has 1 amide bonds. The van der Waals surface area contributed by atoms with Gasteiger partial charge in [-0.1, -0.05) is 0 Å². The van der Waals surface area contributed by atoms with E-state index in [-0.39, 0.29) is 11.9 Å². The topological polar surface area (TPSA) is 69.7 Å². The molecular formula is C19H22N2O4. The highest BCUT2D eigenvalue weighted by atomic mass is 16.5. The first-order valence-electron chi connectivity index (χ1n) is 8.10. The Bertz CT molecular complexity index is 789. The average Bonchev–Trinajstić information content (AvgIpc) is 2.60. The minimum absolute atomic E-state index is 0.176. The van der Waals surface area contributed by atoms with Crippen molar-refractivity contribution in [2.75, 3.05) is 14.2 Å². The van der Waals surface area contributed by atoms with Gasteiger partial charge < -0.3 is 19.5 Å². The summed E-state index contributed by atoms with van der Waals surface area (Å²) in [5.41, 5.74) is 0.842. The molecule has 0 radical (unpaired) electrons. The average molecular weight is 342 g/mol. The van der Waals surface area contributed by atoms with Crippen LogP contribution in [-0.4, -0.2) is 30.7 Å². The Kier molecular flexibility index (Phi) is 4.53. The van der Waals surface area contributed by atoms with Crippen molar-refractivity contribution in [3.05, 3.63) is 47.8 Å². The molecule has 0 aliphatic carbocycles. The van der Waals surface area contributed by atoms with E-state index in [1.54, 1.807) is 32.5 Å². The molecule has 6 heteroatoms. The van der Waals surface area contributed by atoms with Crippen LogP contribution in [-0.2, 0) is 0 Å². The molecule has 1 atom stereocenters. The second-order valence-corrected chi connectivity index (χ2v) is 6.58. The lowest BCUT2D eigenvalue weighted by Gasteiger charge is -2.38. The largest absolute Gasteiger partial charge is 0.497 e. The summed E-state index contributed by atoms with van der Waals surface area (Å²) in [4.78, 5) is 16.8. The number of ether oxygens (including phenoxy) is 3. The number of benzene rings is 1.